The van der Waals surface area contributed by atoms with Crippen molar-refractivity contribution in [3.05, 3.63) is 22.0 Å². The quantitative estimate of drug-likeness (QED) is 0.842. The van der Waals surface area contributed by atoms with Crippen LogP contribution in [0.25, 0.3) is 0 Å². The lowest BCUT2D eigenvalue weighted by Crippen LogP contribution is -2.36. The van der Waals surface area contributed by atoms with Gasteiger partial charge < -0.3 is 14.3 Å². The van der Waals surface area contributed by atoms with Crippen molar-refractivity contribution in [2.45, 2.75) is 38.5 Å². The van der Waals surface area contributed by atoms with E-state index < -0.39 is 0 Å². The highest BCUT2D eigenvalue weighted by atomic mass is 32.1. The molecule has 1 aliphatic heterocycles. The molecular weight excluding hydrogens is 326 g/mol. The molecule has 24 heavy (non-hydrogen) atoms. The minimum Gasteiger partial charge on any atom is -0.341 e. The van der Waals surface area contributed by atoms with E-state index in [1.54, 1.807) is 11.3 Å². The second-order valence-corrected chi connectivity index (χ2v) is 7.53. The van der Waals surface area contributed by atoms with Crippen LogP contribution >= 0.6 is 11.3 Å². The molecule has 3 heterocycles. The van der Waals surface area contributed by atoms with Crippen LogP contribution in [0.4, 0.5) is 5.95 Å². The molecular formula is C16H21N5O2S. The zero-order valence-corrected chi connectivity index (χ0v) is 14.6. The van der Waals surface area contributed by atoms with Gasteiger partial charge in [0.05, 0.1) is 17.1 Å². The first-order chi connectivity index (χ1) is 11.7. The summed E-state index contributed by atoms with van der Waals surface area (Å²) in [5, 5.41) is 7.08. The van der Waals surface area contributed by atoms with E-state index in [1.807, 2.05) is 17.2 Å². The number of carbonyl (C=O) groups is 1. The van der Waals surface area contributed by atoms with E-state index in [0.717, 1.165) is 55.5 Å². The van der Waals surface area contributed by atoms with E-state index in [4.69, 9.17) is 4.52 Å². The number of thiazole rings is 1. The lowest BCUT2D eigenvalue weighted by atomic mass is 10.3. The third-order valence-corrected chi connectivity index (χ3v) is 5.31. The van der Waals surface area contributed by atoms with Gasteiger partial charge in [0, 0.05) is 37.5 Å². The molecule has 0 unspecified atom stereocenters. The summed E-state index contributed by atoms with van der Waals surface area (Å²) in [4.78, 5) is 25.4. The predicted molar refractivity (Wildman–Crippen MR) is 90.2 cm³/mol. The fourth-order valence-corrected chi connectivity index (χ4v) is 3.59. The molecule has 0 aromatic carbocycles. The maximum Gasteiger partial charge on any atom is 0.266 e. The molecule has 8 heteroatoms. The first-order valence-electron chi connectivity index (χ1n) is 8.46. The molecule has 128 valence electrons. The number of hydrogen-bond acceptors (Lipinski definition) is 7. The second kappa shape index (κ2) is 6.51. The van der Waals surface area contributed by atoms with Crippen LogP contribution in [-0.2, 0) is 11.2 Å². The van der Waals surface area contributed by atoms with Gasteiger partial charge in [0.25, 0.3) is 5.95 Å². The molecule has 0 radical (unpaired) electrons. The lowest BCUT2D eigenvalue weighted by molar-refractivity contribution is -0.130. The van der Waals surface area contributed by atoms with Gasteiger partial charge in [0.15, 0.2) is 0 Å². The average Bonchev–Trinajstić information content (AvgIpc) is 3.25. The van der Waals surface area contributed by atoms with Crippen LogP contribution in [0, 0.1) is 6.92 Å². The maximum atomic E-state index is 12.5. The summed E-state index contributed by atoms with van der Waals surface area (Å²) < 4.78 is 5.35. The van der Waals surface area contributed by atoms with Crippen molar-refractivity contribution in [2.24, 2.45) is 0 Å². The topological polar surface area (TPSA) is 75.4 Å². The predicted octanol–water partition coefficient (Wildman–Crippen LogP) is 1.99. The molecule has 0 atom stereocenters. The van der Waals surface area contributed by atoms with Gasteiger partial charge in [-0.2, -0.15) is 4.98 Å². The highest BCUT2D eigenvalue weighted by Crippen LogP contribution is 2.39. The molecule has 2 fully saturated rings. The Hall–Kier alpha value is -1.96. The first-order valence-corrected chi connectivity index (χ1v) is 9.34. The Morgan fingerprint density at radius 3 is 2.92 bits per heavy atom. The van der Waals surface area contributed by atoms with Crippen molar-refractivity contribution in [1.82, 2.24) is 20.0 Å². The summed E-state index contributed by atoms with van der Waals surface area (Å²) in [6, 6.07) is 0. The Morgan fingerprint density at radius 2 is 2.17 bits per heavy atom. The van der Waals surface area contributed by atoms with Gasteiger partial charge in [0.1, 0.15) is 0 Å². The zero-order valence-electron chi connectivity index (χ0n) is 13.8. The van der Waals surface area contributed by atoms with E-state index in [-0.39, 0.29) is 5.91 Å². The Morgan fingerprint density at radius 1 is 1.29 bits per heavy atom. The maximum absolute atomic E-state index is 12.5. The van der Waals surface area contributed by atoms with Gasteiger partial charge in [-0.15, -0.1) is 11.3 Å². The van der Waals surface area contributed by atoms with Gasteiger partial charge in [-0.05, 0) is 31.3 Å². The van der Waals surface area contributed by atoms with E-state index >= 15 is 0 Å². The van der Waals surface area contributed by atoms with E-state index in [1.165, 1.54) is 0 Å². The fourth-order valence-electron chi connectivity index (χ4n) is 2.97. The molecule has 2 aromatic rings. The summed E-state index contributed by atoms with van der Waals surface area (Å²) in [6.07, 6.45) is 3.60. The Bertz CT molecular complexity index is 724. The van der Waals surface area contributed by atoms with Gasteiger partial charge in [0.2, 0.25) is 11.8 Å². The second-order valence-electron chi connectivity index (χ2n) is 6.46. The standard InChI is InChI=1S/C16H21N5O2S/c1-11-17-13(10-24-11)9-14(22)20-5-2-6-21(8-7-20)16-18-15(23-19-16)12-3-4-12/h10,12H,2-9H2,1H3. The highest BCUT2D eigenvalue weighted by Gasteiger charge is 2.31. The molecule has 0 spiro atoms. The van der Waals surface area contributed by atoms with Gasteiger partial charge >= 0.3 is 0 Å². The normalized spacial score (nSPS) is 18.7. The summed E-state index contributed by atoms with van der Waals surface area (Å²) >= 11 is 1.59. The number of aromatic nitrogens is 3. The summed E-state index contributed by atoms with van der Waals surface area (Å²) in [7, 11) is 0. The van der Waals surface area contributed by atoms with Crippen LogP contribution in [0.5, 0.6) is 0 Å². The largest absolute Gasteiger partial charge is 0.341 e. The number of aryl methyl sites for hydroxylation is 1. The van der Waals surface area contributed by atoms with E-state index in [0.29, 0.717) is 24.8 Å². The number of hydrogen-bond donors (Lipinski definition) is 0. The third-order valence-electron chi connectivity index (χ3n) is 4.49. The monoisotopic (exact) mass is 347 g/mol. The van der Waals surface area contributed by atoms with Gasteiger partial charge in [-0.1, -0.05) is 0 Å². The van der Waals surface area contributed by atoms with Gasteiger partial charge in [-0.25, -0.2) is 4.98 Å². The fraction of sp³-hybridized carbons (Fsp3) is 0.625. The first kappa shape index (κ1) is 15.6. The van der Waals surface area contributed by atoms with Crippen molar-refractivity contribution in [3.8, 4) is 0 Å². The van der Waals surface area contributed by atoms with Crippen LogP contribution in [0.2, 0.25) is 0 Å². The van der Waals surface area contributed by atoms with E-state index in [9.17, 15) is 4.79 Å². The van der Waals surface area contributed by atoms with Crippen LogP contribution in [0.1, 0.15) is 41.8 Å². The zero-order chi connectivity index (χ0) is 16.5. The summed E-state index contributed by atoms with van der Waals surface area (Å²) in [5.41, 5.74) is 0.871. The average molecular weight is 347 g/mol. The molecule has 1 aliphatic carbocycles. The molecule has 1 saturated carbocycles. The summed E-state index contributed by atoms with van der Waals surface area (Å²) in [6.45, 7) is 5.01. The van der Waals surface area contributed by atoms with E-state index in [2.05, 4.69) is 20.0 Å². The molecule has 7 nitrogen and oxygen atoms in total. The van der Waals surface area contributed by atoms with Crippen LogP contribution in [-0.4, -0.2) is 52.1 Å². The van der Waals surface area contributed by atoms with Crippen LogP contribution in [0.15, 0.2) is 9.90 Å². The molecule has 1 amide bonds. The Balaban J connectivity index is 1.35. The van der Waals surface area contributed by atoms with Crippen molar-refractivity contribution in [1.29, 1.82) is 0 Å². The number of rotatable bonds is 4. The molecule has 4 rings (SSSR count). The van der Waals surface area contributed by atoms with Crippen molar-refractivity contribution < 1.29 is 9.32 Å². The summed E-state index contributed by atoms with van der Waals surface area (Å²) in [5.74, 6) is 2.05. The number of anilines is 1. The number of carbonyl (C=O) groups excluding carboxylic acids is 1. The molecule has 1 saturated heterocycles. The molecule has 2 aliphatic rings. The number of amides is 1. The SMILES string of the molecule is Cc1nc(CC(=O)N2CCCN(c3noc(C4CC4)n3)CC2)cs1. The van der Waals surface area contributed by atoms with Gasteiger partial charge in [-0.3, -0.25) is 4.79 Å². The minimum atomic E-state index is 0.147. The molecule has 2 aromatic heterocycles. The minimum absolute atomic E-state index is 0.147. The van der Waals surface area contributed by atoms with Crippen molar-refractivity contribution in [2.75, 3.05) is 31.1 Å². The van der Waals surface area contributed by atoms with Crippen LogP contribution < -0.4 is 4.90 Å². The van der Waals surface area contributed by atoms with Crippen molar-refractivity contribution >= 4 is 23.2 Å². The smallest absolute Gasteiger partial charge is 0.266 e. The Labute approximate surface area is 144 Å². The Kier molecular flexibility index (Phi) is 4.22. The lowest BCUT2D eigenvalue weighted by Gasteiger charge is -2.20. The third kappa shape index (κ3) is 3.43. The molecule has 0 bridgehead atoms. The highest BCUT2D eigenvalue weighted by molar-refractivity contribution is 7.09. The van der Waals surface area contributed by atoms with Crippen LogP contribution in [0.3, 0.4) is 0 Å². The van der Waals surface area contributed by atoms with Crippen molar-refractivity contribution in [3.63, 3.8) is 0 Å². The number of nitrogens with zero attached hydrogens (tertiary/aromatic N) is 5. The molecule has 0 N–H and O–H groups in total.